The maximum atomic E-state index is 11.8. The fourth-order valence-electron chi connectivity index (χ4n) is 2.25. The summed E-state index contributed by atoms with van der Waals surface area (Å²) in [6.07, 6.45) is 1.38. The second-order valence-corrected chi connectivity index (χ2v) is 6.38. The van der Waals surface area contributed by atoms with Crippen LogP contribution in [0.25, 0.3) is 0 Å². The lowest BCUT2D eigenvalue weighted by atomic mass is 10.2. The van der Waals surface area contributed by atoms with Crippen molar-refractivity contribution in [3.05, 3.63) is 66.9 Å². The smallest absolute Gasteiger partial charge is 0.330 e. The minimum atomic E-state index is -0.531. The molecule has 6 nitrogen and oxygen atoms in total. The number of halogens is 2. The summed E-state index contributed by atoms with van der Waals surface area (Å²) in [5.41, 5.74) is -0.113. The van der Waals surface area contributed by atoms with Gasteiger partial charge < -0.3 is 9.47 Å². The number of rotatable bonds is 8. The van der Waals surface area contributed by atoms with E-state index in [1.165, 1.54) is 16.8 Å². The summed E-state index contributed by atoms with van der Waals surface area (Å²) < 4.78 is 12.9. The third kappa shape index (κ3) is 5.71. The van der Waals surface area contributed by atoms with E-state index in [4.69, 9.17) is 32.7 Å². The Hall–Kier alpha value is -1.60. The number of H-pyrrole nitrogens is 1. The van der Waals surface area contributed by atoms with Gasteiger partial charge in [0.25, 0.3) is 5.56 Å². The molecule has 1 heterocycles. The molecule has 0 aliphatic carbocycles. The van der Waals surface area contributed by atoms with Crippen molar-refractivity contribution in [1.82, 2.24) is 9.55 Å². The molecule has 0 aliphatic rings. The summed E-state index contributed by atoms with van der Waals surface area (Å²) in [6, 6.07) is 6.51. The Morgan fingerprint density at radius 3 is 2.64 bits per heavy atom. The first-order valence-corrected chi connectivity index (χ1v) is 8.65. The summed E-state index contributed by atoms with van der Waals surface area (Å²) >= 11 is 12.0. The minimum Gasteiger partial charge on any atom is -0.374 e. The quantitative estimate of drug-likeness (QED) is 0.754. The van der Waals surface area contributed by atoms with Gasteiger partial charge in [0.1, 0.15) is 6.23 Å². The van der Waals surface area contributed by atoms with Crippen molar-refractivity contribution >= 4 is 23.2 Å². The number of ether oxygens (including phenoxy) is 2. The summed E-state index contributed by atoms with van der Waals surface area (Å²) in [7, 11) is 0. The van der Waals surface area contributed by atoms with E-state index in [1.54, 1.807) is 19.1 Å². The summed E-state index contributed by atoms with van der Waals surface area (Å²) in [6.45, 7) is 4.38. The van der Waals surface area contributed by atoms with E-state index in [9.17, 15) is 9.59 Å². The SMILES string of the molecule is CCC(COCc1ccc(Cl)cc1Cl)OC(C)n1ccc(=O)[nH]c1=O. The summed E-state index contributed by atoms with van der Waals surface area (Å²) in [5, 5.41) is 1.12. The number of aromatic amines is 1. The van der Waals surface area contributed by atoms with Crippen molar-refractivity contribution in [2.24, 2.45) is 0 Å². The molecule has 2 rings (SSSR count). The number of benzene rings is 1. The van der Waals surface area contributed by atoms with E-state index >= 15 is 0 Å². The first kappa shape index (κ1) is 19.7. The number of aromatic nitrogens is 2. The highest BCUT2D eigenvalue weighted by Gasteiger charge is 2.15. The van der Waals surface area contributed by atoms with Crippen LogP contribution < -0.4 is 11.2 Å². The fraction of sp³-hybridized carbons (Fsp3) is 0.412. The highest BCUT2D eigenvalue weighted by atomic mass is 35.5. The van der Waals surface area contributed by atoms with Crippen molar-refractivity contribution in [2.75, 3.05) is 6.61 Å². The normalized spacial score (nSPS) is 13.6. The van der Waals surface area contributed by atoms with Crippen LogP contribution in [0.4, 0.5) is 0 Å². The zero-order chi connectivity index (χ0) is 18.4. The average molecular weight is 387 g/mol. The van der Waals surface area contributed by atoms with Crippen LogP contribution in [-0.2, 0) is 16.1 Å². The average Bonchev–Trinajstić information content (AvgIpc) is 2.55. The standard InChI is InChI=1S/C17H20Cl2N2O4/c1-3-14(10-24-9-12-4-5-13(18)8-15(12)19)25-11(2)21-7-6-16(22)20-17(21)23/h4-8,11,14H,3,9-10H2,1-2H3,(H,20,22,23). The first-order chi connectivity index (χ1) is 11.9. The maximum absolute atomic E-state index is 11.8. The van der Waals surface area contributed by atoms with Gasteiger partial charge in [-0.1, -0.05) is 36.2 Å². The number of nitrogens with one attached hydrogen (secondary N) is 1. The van der Waals surface area contributed by atoms with Gasteiger partial charge in [-0.25, -0.2) is 4.79 Å². The number of hydrogen-bond acceptors (Lipinski definition) is 4. The molecule has 1 N–H and O–H groups in total. The topological polar surface area (TPSA) is 73.3 Å². The lowest BCUT2D eigenvalue weighted by Crippen LogP contribution is -2.33. The molecule has 0 spiro atoms. The van der Waals surface area contributed by atoms with Crippen molar-refractivity contribution in [3.63, 3.8) is 0 Å². The highest BCUT2D eigenvalue weighted by molar-refractivity contribution is 6.35. The van der Waals surface area contributed by atoms with Crippen LogP contribution in [0.5, 0.6) is 0 Å². The Labute approximate surface area is 155 Å². The van der Waals surface area contributed by atoms with Crippen LogP contribution in [0.1, 0.15) is 32.1 Å². The largest absolute Gasteiger partial charge is 0.374 e. The van der Waals surface area contributed by atoms with E-state index in [-0.39, 0.29) is 6.10 Å². The van der Waals surface area contributed by atoms with Crippen LogP contribution in [0.15, 0.2) is 40.1 Å². The van der Waals surface area contributed by atoms with Crippen LogP contribution in [0.3, 0.4) is 0 Å². The molecule has 25 heavy (non-hydrogen) atoms. The van der Waals surface area contributed by atoms with Gasteiger partial charge in [0.15, 0.2) is 0 Å². The van der Waals surface area contributed by atoms with E-state index in [2.05, 4.69) is 4.98 Å². The number of nitrogens with zero attached hydrogens (tertiary/aromatic N) is 1. The van der Waals surface area contributed by atoms with Gasteiger partial charge in [-0.05, 0) is 31.0 Å². The Kier molecular flexibility index (Phi) is 7.25. The summed E-state index contributed by atoms with van der Waals surface area (Å²) in [5.74, 6) is 0. The molecule has 0 saturated heterocycles. The van der Waals surface area contributed by atoms with Crippen LogP contribution in [0.2, 0.25) is 10.0 Å². The van der Waals surface area contributed by atoms with Crippen LogP contribution in [-0.4, -0.2) is 22.3 Å². The van der Waals surface area contributed by atoms with Crippen LogP contribution >= 0.6 is 23.2 Å². The zero-order valence-electron chi connectivity index (χ0n) is 14.0. The van der Waals surface area contributed by atoms with Crippen LogP contribution in [0, 0.1) is 0 Å². The van der Waals surface area contributed by atoms with E-state index in [0.29, 0.717) is 29.7 Å². The van der Waals surface area contributed by atoms with Crippen molar-refractivity contribution in [2.45, 2.75) is 39.2 Å². The lowest BCUT2D eigenvalue weighted by Gasteiger charge is -2.22. The summed E-state index contributed by atoms with van der Waals surface area (Å²) in [4.78, 5) is 25.1. The van der Waals surface area contributed by atoms with E-state index in [1.807, 2.05) is 13.0 Å². The minimum absolute atomic E-state index is 0.208. The third-order valence-corrected chi connectivity index (χ3v) is 4.25. The molecule has 2 atom stereocenters. The number of hydrogen-bond donors (Lipinski definition) is 1. The van der Waals surface area contributed by atoms with Gasteiger partial charge in [-0.15, -0.1) is 0 Å². The van der Waals surface area contributed by atoms with E-state index < -0.39 is 17.5 Å². The molecule has 2 aromatic rings. The molecule has 2 unspecified atom stereocenters. The highest BCUT2D eigenvalue weighted by Crippen LogP contribution is 2.22. The Morgan fingerprint density at radius 2 is 2.00 bits per heavy atom. The Morgan fingerprint density at radius 1 is 1.24 bits per heavy atom. The van der Waals surface area contributed by atoms with Gasteiger partial charge >= 0.3 is 5.69 Å². The van der Waals surface area contributed by atoms with Crippen molar-refractivity contribution in [1.29, 1.82) is 0 Å². The molecule has 0 radical (unpaired) electrons. The molecule has 0 amide bonds. The second-order valence-electron chi connectivity index (χ2n) is 5.53. The fourth-order valence-corrected chi connectivity index (χ4v) is 2.71. The maximum Gasteiger partial charge on any atom is 0.330 e. The van der Waals surface area contributed by atoms with Gasteiger partial charge in [-0.2, -0.15) is 0 Å². The predicted octanol–water partition coefficient (Wildman–Crippen LogP) is 3.37. The molecule has 0 fully saturated rings. The monoisotopic (exact) mass is 386 g/mol. The van der Waals surface area contributed by atoms with Gasteiger partial charge in [0.05, 0.1) is 19.3 Å². The molecule has 136 valence electrons. The molecule has 8 heteroatoms. The van der Waals surface area contributed by atoms with Crippen molar-refractivity contribution < 1.29 is 9.47 Å². The van der Waals surface area contributed by atoms with Gasteiger partial charge in [0, 0.05) is 22.3 Å². The molecule has 0 saturated carbocycles. The van der Waals surface area contributed by atoms with Gasteiger partial charge in [-0.3, -0.25) is 14.3 Å². The van der Waals surface area contributed by atoms with E-state index in [0.717, 1.165) is 5.56 Å². The first-order valence-electron chi connectivity index (χ1n) is 7.89. The Bertz CT molecular complexity index is 819. The molecule has 0 aliphatic heterocycles. The zero-order valence-corrected chi connectivity index (χ0v) is 15.5. The Balaban J connectivity index is 1.91. The molecular weight excluding hydrogens is 367 g/mol. The third-order valence-electron chi connectivity index (χ3n) is 3.66. The van der Waals surface area contributed by atoms with Crippen molar-refractivity contribution in [3.8, 4) is 0 Å². The predicted molar refractivity (Wildman–Crippen MR) is 97.3 cm³/mol. The molecule has 0 bridgehead atoms. The second kappa shape index (κ2) is 9.20. The molecular formula is C17H20Cl2N2O4. The molecule has 1 aromatic carbocycles. The van der Waals surface area contributed by atoms with Gasteiger partial charge in [0.2, 0.25) is 0 Å². The lowest BCUT2D eigenvalue weighted by molar-refractivity contribution is -0.0849. The molecule has 1 aromatic heterocycles.